The summed E-state index contributed by atoms with van der Waals surface area (Å²) in [7, 11) is 0. The normalized spacial score (nSPS) is 22.4. The molecule has 3 nitrogen and oxygen atoms in total. The first kappa shape index (κ1) is 13.5. The van der Waals surface area contributed by atoms with Crippen molar-refractivity contribution in [2.75, 3.05) is 0 Å². The van der Waals surface area contributed by atoms with Crippen LogP contribution in [-0.2, 0) is 24.1 Å². The van der Waals surface area contributed by atoms with Crippen LogP contribution < -0.4 is 5.73 Å². The SMILES string of the molecule is NC(=O)C1CCc2cc3c(cc2C1O)Cc1ccccc1C3. The maximum Gasteiger partial charge on any atom is 0.223 e. The summed E-state index contributed by atoms with van der Waals surface area (Å²) in [5.74, 6) is -0.859. The van der Waals surface area contributed by atoms with E-state index in [-0.39, 0.29) is 0 Å². The highest BCUT2D eigenvalue weighted by Crippen LogP contribution is 2.38. The number of carbonyl (C=O) groups excluding carboxylic acids is 1. The first-order valence-corrected chi connectivity index (χ1v) is 7.82. The topological polar surface area (TPSA) is 63.3 Å². The molecule has 0 bridgehead atoms. The van der Waals surface area contributed by atoms with Gasteiger partial charge in [0.2, 0.25) is 5.91 Å². The van der Waals surface area contributed by atoms with Gasteiger partial charge >= 0.3 is 0 Å². The molecule has 0 saturated heterocycles. The predicted molar refractivity (Wildman–Crippen MR) is 84.5 cm³/mol. The predicted octanol–water partition coefficient (Wildman–Crippen LogP) is 2.26. The summed E-state index contributed by atoms with van der Waals surface area (Å²) in [6.07, 6.45) is 2.54. The summed E-state index contributed by atoms with van der Waals surface area (Å²) in [6, 6.07) is 12.8. The number of hydrogen-bond donors (Lipinski definition) is 2. The minimum absolute atomic E-state index is 0.402. The van der Waals surface area contributed by atoms with Crippen LogP contribution >= 0.6 is 0 Å². The smallest absolute Gasteiger partial charge is 0.223 e. The van der Waals surface area contributed by atoms with Gasteiger partial charge in [-0.2, -0.15) is 0 Å². The zero-order valence-electron chi connectivity index (χ0n) is 12.4. The lowest BCUT2D eigenvalue weighted by Gasteiger charge is -2.30. The number of rotatable bonds is 1. The van der Waals surface area contributed by atoms with E-state index in [2.05, 4.69) is 36.4 Å². The largest absolute Gasteiger partial charge is 0.388 e. The van der Waals surface area contributed by atoms with Crippen molar-refractivity contribution in [3.8, 4) is 0 Å². The van der Waals surface area contributed by atoms with Crippen LogP contribution in [0, 0.1) is 5.92 Å². The third-order valence-electron chi connectivity index (χ3n) is 5.13. The van der Waals surface area contributed by atoms with Crippen LogP contribution in [0.4, 0.5) is 0 Å². The Balaban J connectivity index is 1.76. The molecule has 3 N–H and O–H groups in total. The number of aryl methyl sites for hydroxylation is 1. The Hall–Kier alpha value is -2.13. The van der Waals surface area contributed by atoms with E-state index in [9.17, 15) is 9.90 Å². The van der Waals surface area contributed by atoms with E-state index in [4.69, 9.17) is 5.73 Å². The average Bonchev–Trinajstić information content (AvgIpc) is 2.51. The van der Waals surface area contributed by atoms with Gasteiger partial charge in [-0.05, 0) is 59.1 Å². The fraction of sp³-hybridized carbons (Fsp3) is 0.316. The molecule has 112 valence electrons. The maximum absolute atomic E-state index is 11.5. The molecule has 0 fully saturated rings. The Morgan fingerprint density at radius 1 is 1.00 bits per heavy atom. The van der Waals surface area contributed by atoms with Gasteiger partial charge in [0.25, 0.3) is 0 Å². The second-order valence-electron chi connectivity index (χ2n) is 6.43. The number of nitrogens with two attached hydrogens (primary N) is 1. The van der Waals surface area contributed by atoms with E-state index < -0.39 is 17.9 Å². The van der Waals surface area contributed by atoms with Crippen molar-refractivity contribution < 1.29 is 9.90 Å². The van der Waals surface area contributed by atoms with Crippen molar-refractivity contribution in [2.45, 2.75) is 31.8 Å². The number of hydrogen-bond acceptors (Lipinski definition) is 2. The average molecular weight is 293 g/mol. The number of aliphatic hydroxyl groups excluding tert-OH is 1. The van der Waals surface area contributed by atoms with Crippen LogP contribution in [-0.4, -0.2) is 11.0 Å². The molecule has 3 heteroatoms. The standard InChI is InChI=1S/C19H19NO2/c20-19(22)16-6-5-13-9-14-7-11-3-1-2-4-12(11)8-15(14)10-17(13)18(16)21/h1-4,9-10,16,18,21H,5-8H2,(H2,20,22). The highest BCUT2D eigenvalue weighted by atomic mass is 16.3. The minimum atomic E-state index is -0.760. The second-order valence-corrected chi connectivity index (χ2v) is 6.43. The van der Waals surface area contributed by atoms with E-state index in [1.807, 2.05) is 0 Å². The second kappa shape index (κ2) is 4.96. The van der Waals surface area contributed by atoms with E-state index in [1.165, 1.54) is 27.8 Å². The number of amides is 1. The van der Waals surface area contributed by atoms with Gasteiger partial charge in [-0.3, -0.25) is 4.79 Å². The molecule has 0 aliphatic heterocycles. The number of aliphatic hydroxyl groups is 1. The van der Waals surface area contributed by atoms with Crippen molar-refractivity contribution in [1.29, 1.82) is 0 Å². The van der Waals surface area contributed by atoms with Crippen molar-refractivity contribution in [3.63, 3.8) is 0 Å². The fourth-order valence-corrected chi connectivity index (χ4v) is 3.88. The van der Waals surface area contributed by atoms with Crippen LogP contribution in [0.3, 0.4) is 0 Å². The molecule has 2 atom stereocenters. The van der Waals surface area contributed by atoms with Crippen LogP contribution in [0.15, 0.2) is 36.4 Å². The molecule has 0 saturated carbocycles. The Kier molecular flexibility index (Phi) is 3.05. The summed E-state index contributed by atoms with van der Waals surface area (Å²) in [5.41, 5.74) is 12.8. The van der Waals surface area contributed by atoms with Gasteiger partial charge in [0.05, 0.1) is 12.0 Å². The Labute approximate surface area is 129 Å². The highest BCUT2D eigenvalue weighted by molar-refractivity contribution is 5.78. The van der Waals surface area contributed by atoms with E-state index in [0.29, 0.717) is 6.42 Å². The quantitative estimate of drug-likeness (QED) is 0.723. The number of fused-ring (bicyclic) bond motifs is 3. The molecular formula is C19H19NO2. The molecule has 1 amide bonds. The molecule has 2 unspecified atom stereocenters. The molecule has 0 aromatic heterocycles. The highest BCUT2D eigenvalue weighted by Gasteiger charge is 2.33. The van der Waals surface area contributed by atoms with E-state index in [0.717, 1.165) is 24.8 Å². The van der Waals surface area contributed by atoms with Gasteiger partial charge in [0.15, 0.2) is 0 Å². The van der Waals surface area contributed by atoms with Gasteiger partial charge in [-0.1, -0.05) is 36.4 Å². The van der Waals surface area contributed by atoms with E-state index in [1.54, 1.807) is 0 Å². The molecule has 4 rings (SSSR count). The summed E-state index contributed by atoms with van der Waals surface area (Å²) in [4.78, 5) is 11.5. The number of primary amides is 1. The third kappa shape index (κ3) is 2.04. The van der Waals surface area contributed by atoms with Crippen LogP contribution in [0.5, 0.6) is 0 Å². The molecule has 2 aliphatic carbocycles. The molecule has 2 aliphatic rings. The minimum Gasteiger partial charge on any atom is -0.388 e. The van der Waals surface area contributed by atoms with Crippen molar-refractivity contribution in [1.82, 2.24) is 0 Å². The molecule has 0 radical (unpaired) electrons. The summed E-state index contributed by atoms with van der Waals surface area (Å²) in [6.45, 7) is 0. The Morgan fingerprint density at radius 2 is 1.64 bits per heavy atom. The number of carbonyl (C=O) groups is 1. The lowest BCUT2D eigenvalue weighted by molar-refractivity contribution is -0.126. The molecular weight excluding hydrogens is 274 g/mol. The molecule has 2 aromatic carbocycles. The fourth-order valence-electron chi connectivity index (χ4n) is 3.88. The summed E-state index contributed by atoms with van der Waals surface area (Å²) >= 11 is 0. The third-order valence-corrected chi connectivity index (χ3v) is 5.13. The monoisotopic (exact) mass is 293 g/mol. The van der Waals surface area contributed by atoms with Gasteiger partial charge in [-0.25, -0.2) is 0 Å². The maximum atomic E-state index is 11.5. The molecule has 2 aromatic rings. The van der Waals surface area contributed by atoms with Crippen molar-refractivity contribution in [3.05, 3.63) is 69.8 Å². The van der Waals surface area contributed by atoms with Crippen molar-refractivity contribution >= 4 is 5.91 Å². The lowest BCUT2D eigenvalue weighted by Crippen LogP contribution is -2.32. The summed E-state index contributed by atoms with van der Waals surface area (Å²) < 4.78 is 0. The van der Waals surface area contributed by atoms with Gasteiger partial charge < -0.3 is 10.8 Å². The van der Waals surface area contributed by atoms with Crippen LogP contribution in [0.1, 0.15) is 45.9 Å². The first-order chi connectivity index (χ1) is 10.6. The van der Waals surface area contributed by atoms with Gasteiger partial charge in [0, 0.05) is 0 Å². The Morgan fingerprint density at radius 3 is 2.27 bits per heavy atom. The first-order valence-electron chi connectivity index (χ1n) is 7.82. The molecule has 22 heavy (non-hydrogen) atoms. The zero-order chi connectivity index (χ0) is 15.3. The Bertz CT molecular complexity index is 766. The van der Waals surface area contributed by atoms with Gasteiger partial charge in [0.1, 0.15) is 0 Å². The van der Waals surface area contributed by atoms with E-state index >= 15 is 0 Å². The molecule has 0 heterocycles. The lowest BCUT2D eigenvalue weighted by atomic mass is 9.76. The van der Waals surface area contributed by atoms with Crippen LogP contribution in [0.2, 0.25) is 0 Å². The summed E-state index contributed by atoms with van der Waals surface area (Å²) in [5, 5.41) is 10.5. The van der Waals surface area contributed by atoms with Crippen LogP contribution in [0.25, 0.3) is 0 Å². The van der Waals surface area contributed by atoms with Crippen molar-refractivity contribution in [2.24, 2.45) is 11.7 Å². The number of benzene rings is 2. The van der Waals surface area contributed by atoms with Gasteiger partial charge in [-0.15, -0.1) is 0 Å². The molecule has 0 spiro atoms. The zero-order valence-corrected chi connectivity index (χ0v) is 12.4.